The van der Waals surface area contributed by atoms with Crippen LogP contribution in [0.25, 0.3) is 0 Å². The molecular weight excluding hydrogens is 346 g/mol. The topological polar surface area (TPSA) is 97.4 Å². The van der Waals surface area contributed by atoms with Gasteiger partial charge >= 0.3 is 0 Å². The highest BCUT2D eigenvalue weighted by Crippen LogP contribution is 2.20. The minimum absolute atomic E-state index is 0.0543. The lowest BCUT2D eigenvalue weighted by Gasteiger charge is -2.12. The molecule has 1 aromatic carbocycles. The molecule has 1 unspecified atom stereocenters. The molecule has 1 aliphatic heterocycles. The zero-order valence-corrected chi connectivity index (χ0v) is 15.6. The van der Waals surface area contributed by atoms with E-state index in [0.717, 1.165) is 30.0 Å². The molecule has 3 rings (SSSR count). The van der Waals surface area contributed by atoms with E-state index in [1.165, 1.54) is 0 Å². The van der Waals surface area contributed by atoms with Gasteiger partial charge in [-0.15, -0.1) is 0 Å². The van der Waals surface area contributed by atoms with Crippen molar-refractivity contribution in [2.45, 2.75) is 25.9 Å². The number of methoxy groups -OCH3 is 1. The van der Waals surface area contributed by atoms with Gasteiger partial charge in [0.25, 0.3) is 0 Å². The first kappa shape index (κ1) is 18.9. The quantitative estimate of drug-likeness (QED) is 0.612. The Bertz CT molecular complexity index is 760. The summed E-state index contributed by atoms with van der Waals surface area (Å²) < 4.78 is 10.5. The zero-order chi connectivity index (χ0) is 19.1. The second-order valence-corrected chi connectivity index (χ2v) is 6.29. The van der Waals surface area contributed by atoms with Crippen molar-refractivity contribution in [1.82, 2.24) is 15.3 Å². The number of amides is 1. The number of hydrogen-bond acceptors (Lipinski definition) is 7. The van der Waals surface area contributed by atoms with E-state index in [4.69, 9.17) is 9.47 Å². The number of hydrogen-bond donors (Lipinski definition) is 3. The first-order valence-electron chi connectivity index (χ1n) is 9.04. The molecule has 2 aromatic rings. The summed E-state index contributed by atoms with van der Waals surface area (Å²) in [6.45, 7) is 3.59. The van der Waals surface area contributed by atoms with Crippen LogP contribution in [0, 0.1) is 6.92 Å². The van der Waals surface area contributed by atoms with E-state index in [-0.39, 0.29) is 12.0 Å². The minimum atomic E-state index is -0.305. The van der Waals surface area contributed by atoms with E-state index in [0.29, 0.717) is 31.5 Å². The zero-order valence-electron chi connectivity index (χ0n) is 15.6. The molecule has 144 valence electrons. The van der Waals surface area contributed by atoms with Crippen molar-refractivity contribution < 1.29 is 14.3 Å². The van der Waals surface area contributed by atoms with Crippen molar-refractivity contribution in [3.8, 4) is 5.75 Å². The summed E-state index contributed by atoms with van der Waals surface area (Å²) in [4.78, 5) is 20.7. The minimum Gasteiger partial charge on any atom is -0.497 e. The average Bonchev–Trinajstić information content (AvgIpc) is 3.20. The molecule has 1 atom stereocenters. The van der Waals surface area contributed by atoms with Gasteiger partial charge in [0.2, 0.25) is 11.9 Å². The van der Waals surface area contributed by atoms with Crippen molar-refractivity contribution in [2.75, 3.05) is 37.4 Å². The van der Waals surface area contributed by atoms with Crippen molar-refractivity contribution in [3.05, 3.63) is 36.0 Å². The van der Waals surface area contributed by atoms with E-state index >= 15 is 0 Å². The molecule has 0 radical (unpaired) electrons. The maximum Gasteiger partial charge on any atom is 0.249 e. The third kappa shape index (κ3) is 5.55. The fraction of sp³-hybridized carbons (Fsp3) is 0.421. The predicted octanol–water partition coefficient (Wildman–Crippen LogP) is 2.24. The number of rotatable bonds is 8. The number of benzene rings is 1. The standard InChI is InChI=1S/C19H25N5O3/c1-13-12-17(23-14-5-7-15(26-2)8-6-14)24-19(22-13)21-10-9-20-18(25)16-4-3-11-27-16/h5-8,12,16H,3-4,9-11H2,1-2H3,(H,20,25)(H2,21,22,23,24). The molecule has 8 nitrogen and oxygen atoms in total. The van der Waals surface area contributed by atoms with Crippen molar-refractivity contribution >= 4 is 23.4 Å². The maximum atomic E-state index is 11.9. The fourth-order valence-corrected chi connectivity index (χ4v) is 2.79. The lowest BCUT2D eigenvalue weighted by Crippen LogP contribution is -2.36. The summed E-state index contributed by atoms with van der Waals surface area (Å²) >= 11 is 0. The molecule has 1 amide bonds. The van der Waals surface area contributed by atoms with E-state index in [1.54, 1.807) is 7.11 Å². The number of anilines is 3. The highest BCUT2D eigenvalue weighted by molar-refractivity contribution is 5.80. The summed E-state index contributed by atoms with van der Waals surface area (Å²) in [5.41, 5.74) is 1.75. The molecule has 1 aliphatic rings. The molecule has 8 heteroatoms. The van der Waals surface area contributed by atoms with Crippen LogP contribution in [-0.4, -0.2) is 48.8 Å². The Kier molecular flexibility index (Phi) is 6.43. The van der Waals surface area contributed by atoms with Gasteiger partial charge in [-0.05, 0) is 44.0 Å². The van der Waals surface area contributed by atoms with Crippen LogP contribution < -0.4 is 20.7 Å². The van der Waals surface area contributed by atoms with Gasteiger partial charge in [0.05, 0.1) is 7.11 Å². The number of ether oxygens (including phenoxy) is 2. The number of aromatic nitrogens is 2. The van der Waals surface area contributed by atoms with Gasteiger partial charge in [-0.2, -0.15) is 4.98 Å². The molecule has 2 heterocycles. The van der Waals surface area contributed by atoms with Gasteiger partial charge in [-0.1, -0.05) is 0 Å². The van der Waals surface area contributed by atoms with E-state index in [2.05, 4.69) is 25.9 Å². The number of aryl methyl sites for hydroxylation is 1. The second-order valence-electron chi connectivity index (χ2n) is 6.29. The van der Waals surface area contributed by atoms with Crippen LogP contribution in [0.3, 0.4) is 0 Å². The average molecular weight is 371 g/mol. The van der Waals surface area contributed by atoms with Crippen LogP contribution >= 0.6 is 0 Å². The van der Waals surface area contributed by atoms with Crippen molar-refractivity contribution in [2.24, 2.45) is 0 Å². The number of carbonyl (C=O) groups excluding carboxylic acids is 1. The van der Waals surface area contributed by atoms with Crippen LogP contribution in [-0.2, 0) is 9.53 Å². The summed E-state index contributed by atoms with van der Waals surface area (Å²) in [6.07, 6.45) is 1.43. The number of carbonyl (C=O) groups is 1. The Balaban J connectivity index is 1.50. The van der Waals surface area contributed by atoms with Gasteiger partial charge in [0, 0.05) is 37.1 Å². The normalized spacial score (nSPS) is 16.0. The van der Waals surface area contributed by atoms with Crippen molar-refractivity contribution in [1.29, 1.82) is 0 Å². The van der Waals surface area contributed by atoms with Crippen LogP contribution in [0.15, 0.2) is 30.3 Å². The highest BCUT2D eigenvalue weighted by atomic mass is 16.5. The van der Waals surface area contributed by atoms with Crippen LogP contribution in [0.1, 0.15) is 18.5 Å². The van der Waals surface area contributed by atoms with Gasteiger partial charge in [-0.25, -0.2) is 4.98 Å². The van der Waals surface area contributed by atoms with E-state index in [9.17, 15) is 4.79 Å². The second kappa shape index (κ2) is 9.18. The summed E-state index contributed by atoms with van der Waals surface area (Å²) in [5.74, 6) is 1.95. The Morgan fingerprint density at radius 1 is 1.26 bits per heavy atom. The summed E-state index contributed by atoms with van der Waals surface area (Å²) in [6, 6.07) is 9.47. The molecule has 27 heavy (non-hydrogen) atoms. The van der Waals surface area contributed by atoms with Gasteiger partial charge in [-0.3, -0.25) is 4.79 Å². The molecule has 3 N–H and O–H groups in total. The van der Waals surface area contributed by atoms with Crippen molar-refractivity contribution in [3.63, 3.8) is 0 Å². The number of nitrogens with one attached hydrogen (secondary N) is 3. The third-order valence-electron chi connectivity index (χ3n) is 4.15. The largest absolute Gasteiger partial charge is 0.497 e. The smallest absolute Gasteiger partial charge is 0.249 e. The van der Waals surface area contributed by atoms with E-state index < -0.39 is 0 Å². The summed E-state index contributed by atoms with van der Waals surface area (Å²) in [5, 5.41) is 9.25. The molecule has 0 saturated carbocycles. The molecule has 0 spiro atoms. The predicted molar refractivity (Wildman–Crippen MR) is 104 cm³/mol. The van der Waals surface area contributed by atoms with Crippen LogP contribution in [0.4, 0.5) is 17.5 Å². The SMILES string of the molecule is COc1ccc(Nc2cc(C)nc(NCCNC(=O)C3CCCO3)n2)cc1. The summed E-state index contributed by atoms with van der Waals surface area (Å²) in [7, 11) is 1.64. The maximum absolute atomic E-state index is 11.9. The Morgan fingerprint density at radius 2 is 2.07 bits per heavy atom. The molecular formula is C19H25N5O3. The molecule has 1 saturated heterocycles. The number of nitrogens with zero attached hydrogens (tertiary/aromatic N) is 2. The monoisotopic (exact) mass is 371 g/mol. The lowest BCUT2D eigenvalue weighted by molar-refractivity contribution is -0.129. The van der Waals surface area contributed by atoms with Gasteiger partial charge in [0.15, 0.2) is 0 Å². The molecule has 0 bridgehead atoms. The Morgan fingerprint density at radius 3 is 2.78 bits per heavy atom. The first-order chi connectivity index (χ1) is 13.1. The van der Waals surface area contributed by atoms with Gasteiger partial charge < -0.3 is 25.4 Å². The molecule has 0 aliphatic carbocycles. The first-order valence-corrected chi connectivity index (χ1v) is 9.04. The van der Waals surface area contributed by atoms with Crippen LogP contribution in [0.5, 0.6) is 5.75 Å². The fourth-order valence-electron chi connectivity index (χ4n) is 2.79. The molecule has 1 aromatic heterocycles. The van der Waals surface area contributed by atoms with Crippen LogP contribution in [0.2, 0.25) is 0 Å². The highest BCUT2D eigenvalue weighted by Gasteiger charge is 2.22. The van der Waals surface area contributed by atoms with Gasteiger partial charge in [0.1, 0.15) is 17.7 Å². The Hall–Kier alpha value is -2.87. The lowest BCUT2D eigenvalue weighted by atomic mass is 10.2. The third-order valence-corrected chi connectivity index (χ3v) is 4.15. The van der Waals surface area contributed by atoms with E-state index in [1.807, 2.05) is 37.3 Å². The Labute approximate surface area is 158 Å². The molecule has 1 fully saturated rings.